The largest absolute Gasteiger partial charge is 0.468 e. The molecule has 2 heterocycles. The Morgan fingerprint density at radius 2 is 1.82 bits per heavy atom. The minimum atomic E-state index is -3.78. The van der Waals surface area contributed by atoms with E-state index in [1.165, 1.54) is 52.5 Å². The fourth-order valence-electron chi connectivity index (χ4n) is 2.67. The van der Waals surface area contributed by atoms with E-state index in [0.717, 1.165) is 0 Å². The molecule has 0 fully saturated rings. The Bertz CT molecular complexity index is 1350. The number of hydrogen-bond acceptors (Lipinski definition) is 7. The highest BCUT2D eigenvalue weighted by molar-refractivity contribution is 7.93. The molecule has 170 valence electrons. The normalized spacial score (nSPS) is 11.2. The lowest BCUT2D eigenvalue weighted by Gasteiger charge is -2.09. The third-order valence-corrected chi connectivity index (χ3v) is 6.98. The van der Waals surface area contributed by atoms with Crippen LogP contribution in [-0.2, 0) is 16.8 Å². The summed E-state index contributed by atoms with van der Waals surface area (Å²) >= 11 is 13.3. The van der Waals surface area contributed by atoms with Gasteiger partial charge in [0.15, 0.2) is 23.3 Å². The number of hydrogen-bond donors (Lipinski definition) is 2. The summed E-state index contributed by atoms with van der Waals surface area (Å²) in [6, 6.07) is 12.2. The molecule has 0 unspecified atom stereocenters. The summed E-state index contributed by atoms with van der Waals surface area (Å²) in [6.07, 6.45) is 3.07. The first-order valence-corrected chi connectivity index (χ1v) is 12.4. The van der Waals surface area contributed by atoms with E-state index in [2.05, 4.69) is 20.1 Å². The maximum absolute atomic E-state index is 12.5. The Kier molecular flexibility index (Phi) is 6.84. The van der Waals surface area contributed by atoms with Gasteiger partial charge in [-0.3, -0.25) is 9.52 Å². The monoisotopic (exact) mass is 523 g/mol. The van der Waals surface area contributed by atoms with E-state index >= 15 is 0 Å². The Hall–Kier alpha value is -3.12. The molecule has 0 aliphatic carbocycles. The SMILES string of the molecule is O=C(Nc1ccc(S(=O)(=O)Nc2nccs2)cc1)c1ccn(COc2c(Cl)cccc2Cl)n1. The first-order valence-electron chi connectivity index (χ1n) is 9.26. The predicted octanol–water partition coefficient (Wildman–Crippen LogP) is 4.74. The van der Waals surface area contributed by atoms with Crippen molar-refractivity contribution in [2.45, 2.75) is 11.6 Å². The molecule has 0 saturated heterocycles. The molecule has 4 aromatic rings. The van der Waals surface area contributed by atoms with Crippen LogP contribution in [0, 0.1) is 0 Å². The van der Waals surface area contributed by atoms with Crippen molar-refractivity contribution >= 4 is 61.3 Å². The molecule has 2 aromatic heterocycles. The number of rotatable bonds is 8. The van der Waals surface area contributed by atoms with Gasteiger partial charge in [0.05, 0.1) is 14.9 Å². The number of para-hydroxylation sites is 1. The van der Waals surface area contributed by atoms with E-state index in [0.29, 0.717) is 21.5 Å². The van der Waals surface area contributed by atoms with Crippen molar-refractivity contribution in [2.24, 2.45) is 0 Å². The topological polar surface area (TPSA) is 115 Å². The number of nitrogens with zero attached hydrogens (tertiary/aromatic N) is 3. The zero-order chi connectivity index (χ0) is 23.4. The lowest BCUT2D eigenvalue weighted by Crippen LogP contribution is -2.15. The van der Waals surface area contributed by atoms with Gasteiger partial charge in [-0.05, 0) is 42.5 Å². The van der Waals surface area contributed by atoms with E-state index in [-0.39, 0.29) is 22.5 Å². The molecule has 0 atom stereocenters. The molecule has 1 amide bonds. The van der Waals surface area contributed by atoms with Crippen LogP contribution in [0.3, 0.4) is 0 Å². The van der Waals surface area contributed by atoms with E-state index in [9.17, 15) is 13.2 Å². The van der Waals surface area contributed by atoms with Gasteiger partial charge in [0, 0.05) is 23.5 Å². The van der Waals surface area contributed by atoms with E-state index < -0.39 is 15.9 Å². The molecule has 0 spiro atoms. The number of ether oxygens (including phenoxy) is 1. The van der Waals surface area contributed by atoms with Crippen molar-refractivity contribution in [2.75, 3.05) is 10.0 Å². The summed E-state index contributed by atoms with van der Waals surface area (Å²) in [6.45, 7) is -0.00458. The van der Waals surface area contributed by atoms with Crippen molar-refractivity contribution in [3.63, 3.8) is 0 Å². The van der Waals surface area contributed by atoms with Gasteiger partial charge in [-0.1, -0.05) is 29.3 Å². The van der Waals surface area contributed by atoms with Crippen LogP contribution in [0.1, 0.15) is 10.5 Å². The highest BCUT2D eigenvalue weighted by Gasteiger charge is 2.16. The fraction of sp³-hybridized carbons (Fsp3) is 0.0500. The number of thiazole rings is 1. The molecular weight excluding hydrogens is 509 g/mol. The number of carbonyl (C=O) groups excluding carboxylic acids is 1. The lowest BCUT2D eigenvalue weighted by molar-refractivity contribution is 0.102. The van der Waals surface area contributed by atoms with Gasteiger partial charge >= 0.3 is 0 Å². The van der Waals surface area contributed by atoms with Crippen LogP contribution in [-0.4, -0.2) is 29.1 Å². The zero-order valence-electron chi connectivity index (χ0n) is 16.6. The Balaban J connectivity index is 1.37. The van der Waals surface area contributed by atoms with Gasteiger partial charge < -0.3 is 10.1 Å². The number of sulfonamides is 1. The van der Waals surface area contributed by atoms with Crippen molar-refractivity contribution < 1.29 is 17.9 Å². The zero-order valence-corrected chi connectivity index (χ0v) is 19.7. The van der Waals surface area contributed by atoms with Gasteiger partial charge in [-0.25, -0.2) is 18.1 Å². The Labute approximate surface area is 203 Å². The smallest absolute Gasteiger partial charge is 0.276 e. The maximum atomic E-state index is 12.5. The van der Waals surface area contributed by atoms with Crippen LogP contribution in [0.15, 0.2) is 71.2 Å². The van der Waals surface area contributed by atoms with Crippen molar-refractivity contribution in [3.8, 4) is 5.75 Å². The van der Waals surface area contributed by atoms with Crippen LogP contribution in [0.5, 0.6) is 5.75 Å². The number of carbonyl (C=O) groups is 1. The second-order valence-electron chi connectivity index (χ2n) is 6.49. The molecule has 0 bridgehead atoms. The highest BCUT2D eigenvalue weighted by Crippen LogP contribution is 2.32. The average molecular weight is 524 g/mol. The summed E-state index contributed by atoms with van der Waals surface area (Å²) in [5.74, 6) is -0.150. The number of benzene rings is 2. The van der Waals surface area contributed by atoms with Gasteiger partial charge in [-0.15, -0.1) is 11.3 Å². The minimum absolute atomic E-state index is 0.00458. The van der Waals surface area contributed by atoms with Gasteiger partial charge in [0.2, 0.25) is 0 Å². The average Bonchev–Trinajstić information content (AvgIpc) is 3.46. The van der Waals surface area contributed by atoms with E-state index in [4.69, 9.17) is 27.9 Å². The maximum Gasteiger partial charge on any atom is 0.276 e. The summed E-state index contributed by atoms with van der Waals surface area (Å²) < 4.78 is 34.2. The van der Waals surface area contributed by atoms with Crippen molar-refractivity contribution in [1.82, 2.24) is 14.8 Å². The van der Waals surface area contributed by atoms with Crippen molar-refractivity contribution in [3.05, 3.63) is 82.0 Å². The Morgan fingerprint density at radius 1 is 1.09 bits per heavy atom. The number of halogens is 2. The predicted molar refractivity (Wildman–Crippen MR) is 127 cm³/mol. The van der Waals surface area contributed by atoms with Crippen LogP contribution < -0.4 is 14.8 Å². The summed E-state index contributed by atoms with van der Waals surface area (Å²) in [5.41, 5.74) is 0.549. The van der Waals surface area contributed by atoms with Crippen LogP contribution in [0.2, 0.25) is 10.0 Å². The molecule has 0 aliphatic heterocycles. The molecule has 0 saturated carbocycles. The second kappa shape index (κ2) is 9.79. The number of aromatic nitrogens is 3. The molecule has 33 heavy (non-hydrogen) atoms. The number of anilines is 2. The van der Waals surface area contributed by atoms with Gasteiger partial charge in [-0.2, -0.15) is 5.10 Å². The standard InChI is InChI=1S/C20H15Cl2N5O4S2/c21-15-2-1-3-16(22)18(15)31-12-27-10-8-17(25-27)19(28)24-13-4-6-14(7-5-13)33(29,30)26-20-23-9-11-32-20/h1-11H,12H2,(H,23,26)(H,24,28). The molecule has 9 nitrogen and oxygen atoms in total. The minimum Gasteiger partial charge on any atom is -0.468 e. The van der Waals surface area contributed by atoms with Gasteiger partial charge in [0.25, 0.3) is 15.9 Å². The first kappa shape index (κ1) is 23.1. The lowest BCUT2D eigenvalue weighted by atomic mass is 10.3. The number of amides is 1. The Morgan fingerprint density at radius 3 is 2.48 bits per heavy atom. The van der Waals surface area contributed by atoms with Crippen molar-refractivity contribution in [1.29, 1.82) is 0 Å². The van der Waals surface area contributed by atoms with E-state index in [1.54, 1.807) is 29.8 Å². The van der Waals surface area contributed by atoms with Gasteiger partial charge in [0.1, 0.15) is 0 Å². The summed E-state index contributed by atoms with van der Waals surface area (Å²) in [7, 11) is -3.78. The molecule has 0 aliphatic rings. The quantitative estimate of drug-likeness (QED) is 0.344. The first-order chi connectivity index (χ1) is 15.8. The molecule has 0 radical (unpaired) electrons. The van der Waals surface area contributed by atoms with Crippen LogP contribution >= 0.6 is 34.5 Å². The summed E-state index contributed by atoms with van der Waals surface area (Å²) in [5, 5.41) is 9.48. The second-order valence-corrected chi connectivity index (χ2v) is 9.88. The fourth-order valence-corrected chi connectivity index (χ4v) is 4.96. The van der Waals surface area contributed by atoms with E-state index in [1.807, 2.05) is 0 Å². The molecule has 2 aromatic carbocycles. The van der Waals surface area contributed by atoms with Crippen LogP contribution in [0.4, 0.5) is 10.8 Å². The van der Waals surface area contributed by atoms with Crippen LogP contribution in [0.25, 0.3) is 0 Å². The molecule has 2 N–H and O–H groups in total. The third kappa shape index (κ3) is 5.63. The number of nitrogens with one attached hydrogen (secondary N) is 2. The summed E-state index contributed by atoms with van der Waals surface area (Å²) in [4.78, 5) is 16.4. The molecule has 13 heteroatoms. The highest BCUT2D eigenvalue weighted by atomic mass is 35.5. The molecule has 4 rings (SSSR count). The molecular formula is C20H15Cl2N5O4S2. The third-order valence-electron chi connectivity index (χ3n) is 4.21.